The van der Waals surface area contributed by atoms with Gasteiger partial charge in [0.1, 0.15) is 21.2 Å². The highest BCUT2D eigenvalue weighted by Gasteiger charge is 2.19. The van der Waals surface area contributed by atoms with Crippen molar-refractivity contribution in [2.75, 3.05) is 10.6 Å². The van der Waals surface area contributed by atoms with Crippen molar-refractivity contribution < 1.29 is 19.5 Å². The number of benzene rings is 1. The Morgan fingerprint density at radius 2 is 1.93 bits per heavy atom. The van der Waals surface area contributed by atoms with E-state index in [4.69, 9.17) is 5.11 Å². The van der Waals surface area contributed by atoms with Crippen LogP contribution in [0.15, 0.2) is 42.6 Å². The number of hydrogen-bond donors (Lipinski definition) is 4. The first kappa shape index (κ1) is 18.4. The molecule has 3 heterocycles. The van der Waals surface area contributed by atoms with Gasteiger partial charge in [-0.3, -0.25) is 19.4 Å². The van der Waals surface area contributed by atoms with Crippen LogP contribution in [0.2, 0.25) is 0 Å². The summed E-state index contributed by atoms with van der Waals surface area (Å²) in [6, 6.07) is 9.55. The molecule has 146 valence electrons. The summed E-state index contributed by atoms with van der Waals surface area (Å²) in [6.45, 7) is 0. The Labute approximate surface area is 167 Å². The fourth-order valence-corrected chi connectivity index (χ4v) is 3.60. The van der Waals surface area contributed by atoms with Gasteiger partial charge >= 0.3 is 5.97 Å². The Morgan fingerprint density at radius 3 is 2.66 bits per heavy atom. The average molecular weight is 410 g/mol. The van der Waals surface area contributed by atoms with E-state index in [1.165, 1.54) is 16.9 Å². The van der Waals surface area contributed by atoms with E-state index in [-0.39, 0.29) is 16.3 Å². The van der Waals surface area contributed by atoms with E-state index in [1.54, 1.807) is 37.4 Å². The Bertz CT molecular complexity index is 1250. The first-order valence-electron chi connectivity index (χ1n) is 8.35. The third kappa shape index (κ3) is 3.46. The molecule has 0 aliphatic rings. The SMILES string of the molecule is Cn1nccc1C(=O)Nc1ccccc1C(=O)Nc1[nH]nc2sc(C(=O)O)cc12. The summed E-state index contributed by atoms with van der Waals surface area (Å²) in [5.74, 6) is -1.67. The molecule has 0 aliphatic carbocycles. The van der Waals surface area contributed by atoms with Crippen LogP contribution in [-0.2, 0) is 7.05 Å². The minimum Gasteiger partial charge on any atom is -0.477 e. The zero-order valence-electron chi connectivity index (χ0n) is 15.0. The molecular weight excluding hydrogens is 396 g/mol. The Hall–Kier alpha value is -3.99. The lowest BCUT2D eigenvalue weighted by atomic mass is 10.1. The van der Waals surface area contributed by atoms with Crippen LogP contribution < -0.4 is 10.6 Å². The first-order valence-corrected chi connectivity index (χ1v) is 9.16. The fourth-order valence-electron chi connectivity index (χ4n) is 2.77. The third-order valence-corrected chi connectivity index (χ3v) is 5.19. The van der Waals surface area contributed by atoms with Gasteiger partial charge in [0.25, 0.3) is 11.8 Å². The van der Waals surface area contributed by atoms with Crippen molar-refractivity contribution in [1.29, 1.82) is 0 Å². The molecule has 2 amide bonds. The number of anilines is 2. The molecule has 1 aromatic carbocycles. The number of thiophene rings is 1. The van der Waals surface area contributed by atoms with Crippen LogP contribution in [-0.4, -0.2) is 42.9 Å². The van der Waals surface area contributed by atoms with Gasteiger partial charge in [-0.05, 0) is 24.3 Å². The van der Waals surface area contributed by atoms with E-state index in [1.807, 2.05) is 0 Å². The minimum absolute atomic E-state index is 0.121. The van der Waals surface area contributed by atoms with Gasteiger partial charge in [0.15, 0.2) is 0 Å². The highest BCUT2D eigenvalue weighted by atomic mass is 32.1. The average Bonchev–Trinajstić information content (AvgIpc) is 3.39. The number of aromatic amines is 1. The van der Waals surface area contributed by atoms with Gasteiger partial charge in [-0.2, -0.15) is 10.2 Å². The summed E-state index contributed by atoms with van der Waals surface area (Å²) in [4.78, 5) is 37.0. The van der Waals surface area contributed by atoms with Crippen molar-refractivity contribution in [2.45, 2.75) is 0 Å². The van der Waals surface area contributed by atoms with E-state index in [0.717, 1.165) is 11.3 Å². The summed E-state index contributed by atoms with van der Waals surface area (Å²) >= 11 is 1.00. The molecule has 10 nitrogen and oxygen atoms in total. The maximum Gasteiger partial charge on any atom is 0.345 e. The highest BCUT2D eigenvalue weighted by molar-refractivity contribution is 7.20. The molecule has 0 saturated heterocycles. The second kappa shape index (κ2) is 7.20. The number of carbonyl (C=O) groups is 3. The van der Waals surface area contributed by atoms with Crippen LogP contribution in [0.25, 0.3) is 10.2 Å². The van der Waals surface area contributed by atoms with Gasteiger partial charge in [0.05, 0.1) is 16.6 Å². The number of carbonyl (C=O) groups excluding carboxylic acids is 2. The van der Waals surface area contributed by atoms with Crippen LogP contribution in [0.3, 0.4) is 0 Å². The number of aromatic carboxylic acids is 1. The van der Waals surface area contributed by atoms with Gasteiger partial charge in [-0.15, -0.1) is 11.3 Å². The summed E-state index contributed by atoms with van der Waals surface area (Å²) in [5, 5.41) is 25.7. The predicted molar refractivity (Wildman–Crippen MR) is 106 cm³/mol. The normalized spacial score (nSPS) is 10.8. The molecule has 0 saturated carbocycles. The van der Waals surface area contributed by atoms with Gasteiger partial charge < -0.3 is 15.7 Å². The van der Waals surface area contributed by atoms with E-state index in [0.29, 0.717) is 21.6 Å². The monoisotopic (exact) mass is 410 g/mol. The smallest absolute Gasteiger partial charge is 0.345 e. The lowest BCUT2D eigenvalue weighted by Gasteiger charge is -2.11. The van der Waals surface area contributed by atoms with E-state index >= 15 is 0 Å². The molecule has 3 aromatic heterocycles. The second-order valence-corrected chi connectivity index (χ2v) is 7.06. The molecule has 4 rings (SSSR count). The van der Waals surface area contributed by atoms with Crippen molar-refractivity contribution in [1.82, 2.24) is 20.0 Å². The first-order chi connectivity index (χ1) is 13.9. The topological polar surface area (TPSA) is 142 Å². The number of carboxylic acids is 1. The molecule has 11 heteroatoms. The van der Waals surface area contributed by atoms with Crippen molar-refractivity contribution in [3.63, 3.8) is 0 Å². The zero-order chi connectivity index (χ0) is 20.5. The number of para-hydroxylation sites is 1. The van der Waals surface area contributed by atoms with Gasteiger partial charge in [-0.1, -0.05) is 12.1 Å². The summed E-state index contributed by atoms with van der Waals surface area (Å²) < 4.78 is 1.43. The predicted octanol–water partition coefficient (Wildman–Crippen LogP) is 2.56. The maximum absolute atomic E-state index is 12.8. The molecule has 29 heavy (non-hydrogen) atoms. The number of aryl methyl sites for hydroxylation is 1. The molecule has 4 aromatic rings. The second-order valence-electron chi connectivity index (χ2n) is 6.03. The number of aromatic nitrogens is 4. The number of fused-ring (bicyclic) bond motifs is 1. The molecule has 4 N–H and O–H groups in total. The molecular formula is C18H14N6O4S. The maximum atomic E-state index is 12.8. The zero-order valence-corrected chi connectivity index (χ0v) is 15.8. The van der Waals surface area contributed by atoms with Crippen molar-refractivity contribution >= 4 is 50.8 Å². The van der Waals surface area contributed by atoms with Crippen molar-refractivity contribution in [3.05, 3.63) is 58.7 Å². The third-order valence-electron chi connectivity index (χ3n) is 4.17. The quantitative estimate of drug-likeness (QED) is 0.398. The largest absolute Gasteiger partial charge is 0.477 e. The van der Waals surface area contributed by atoms with Crippen LogP contribution >= 0.6 is 11.3 Å². The number of nitrogens with one attached hydrogen (secondary N) is 3. The molecule has 0 bridgehead atoms. The molecule has 0 unspecified atom stereocenters. The lowest BCUT2D eigenvalue weighted by Crippen LogP contribution is -2.20. The number of amides is 2. The fraction of sp³-hybridized carbons (Fsp3) is 0.0556. The van der Waals surface area contributed by atoms with Gasteiger partial charge in [0.2, 0.25) is 0 Å². The van der Waals surface area contributed by atoms with Gasteiger partial charge in [0, 0.05) is 13.2 Å². The molecule has 0 aliphatic heterocycles. The molecule has 0 spiro atoms. The van der Waals surface area contributed by atoms with E-state index < -0.39 is 17.8 Å². The Kier molecular flexibility index (Phi) is 4.56. The minimum atomic E-state index is -1.06. The number of H-pyrrole nitrogens is 1. The van der Waals surface area contributed by atoms with Crippen LogP contribution in [0.1, 0.15) is 30.5 Å². The molecule has 0 radical (unpaired) electrons. The molecule has 0 atom stereocenters. The van der Waals surface area contributed by atoms with E-state index in [2.05, 4.69) is 25.9 Å². The highest BCUT2D eigenvalue weighted by Crippen LogP contribution is 2.29. The van der Waals surface area contributed by atoms with Gasteiger partial charge in [-0.25, -0.2) is 4.79 Å². The lowest BCUT2D eigenvalue weighted by molar-refractivity contribution is 0.0701. The number of nitrogens with zero attached hydrogens (tertiary/aromatic N) is 3. The number of carboxylic acid groups (broad SMARTS) is 1. The summed E-state index contributed by atoms with van der Waals surface area (Å²) in [5.41, 5.74) is 0.901. The van der Waals surface area contributed by atoms with Crippen LogP contribution in [0.5, 0.6) is 0 Å². The van der Waals surface area contributed by atoms with E-state index in [9.17, 15) is 14.4 Å². The van der Waals surface area contributed by atoms with Crippen LogP contribution in [0, 0.1) is 0 Å². The number of hydrogen-bond acceptors (Lipinski definition) is 6. The number of rotatable bonds is 5. The Morgan fingerprint density at radius 1 is 1.14 bits per heavy atom. The van der Waals surface area contributed by atoms with Crippen molar-refractivity contribution in [2.24, 2.45) is 7.05 Å². The standard InChI is InChI=1S/C18H14N6O4S/c1-24-12(6-7-19-24)16(26)20-11-5-3-2-4-9(11)15(25)21-14-10-8-13(18(27)28)29-17(10)23-22-14/h2-8H,1H3,(H,20,26)(H,27,28)(H2,21,22,23,25). The Balaban J connectivity index is 1.59. The summed E-state index contributed by atoms with van der Waals surface area (Å²) in [7, 11) is 1.64. The summed E-state index contributed by atoms with van der Waals surface area (Å²) in [6.07, 6.45) is 1.50. The molecule has 0 fully saturated rings. The van der Waals surface area contributed by atoms with Crippen LogP contribution in [0.4, 0.5) is 11.5 Å². The van der Waals surface area contributed by atoms with Crippen molar-refractivity contribution in [3.8, 4) is 0 Å².